The summed E-state index contributed by atoms with van der Waals surface area (Å²) >= 11 is 0. The lowest BCUT2D eigenvalue weighted by atomic mass is 9.79. The lowest BCUT2D eigenvalue weighted by molar-refractivity contribution is -0.433. The molecule has 2 aliphatic rings. The van der Waals surface area contributed by atoms with Crippen LogP contribution < -0.4 is 4.90 Å². The van der Waals surface area contributed by atoms with Crippen molar-refractivity contribution in [1.82, 2.24) is 4.98 Å². The average molecular weight is 953 g/mol. The SMILES string of the molecule is CCN1/C(=C/C=C(/C=C/C2=[N+](CC)c3ccc4c(S(=O)(=O)O)cc(S(=O)(=O)O)cc4c3C2(C)C)c2cccc(C(=O)O)n2)C(C)(C)c2c1ccc1c(S(=O)(=O)O)cc(S(=O)(=O)O)cc21. The molecule has 0 amide bonds. The smallest absolute Gasteiger partial charge is 0.354 e. The van der Waals surface area contributed by atoms with Crippen LogP contribution in [0.3, 0.4) is 0 Å². The van der Waals surface area contributed by atoms with E-state index in [9.17, 15) is 61.8 Å². The van der Waals surface area contributed by atoms with Gasteiger partial charge in [-0.2, -0.15) is 38.2 Å². The van der Waals surface area contributed by atoms with Crippen molar-refractivity contribution in [3.05, 3.63) is 119 Å². The predicted molar refractivity (Wildman–Crippen MR) is 238 cm³/mol. The Morgan fingerprint density at radius 2 is 1.22 bits per heavy atom. The van der Waals surface area contributed by atoms with Crippen molar-refractivity contribution in [3.8, 4) is 0 Å². The van der Waals surface area contributed by atoms with Gasteiger partial charge in [0.05, 0.1) is 20.9 Å². The van der Waals surface area contributed by atoms with Crippen molar-refractivity contribution in [3.63, 3.8) is 0 Å². The zero-order chi connectivity index (χ0) is 47.3. The molecule has 7 rings (SSSR count). The van der Waals surface area contributed by atoms with Gasteiger partial charge in [-0.3, -0.25) is 18.2 Å². The van der Waals surface area contributed by atoms with Gasteiger partial charge in [-0.05, 0) is 105 Å². The summed E-state index contributed by atoms with van der Waals surface area (Å²) in [5.41, 5.74) is 1.78. The quantitative estimate of drug-likeness (QED) is 0.0517. The van der Waals surface area contributed by atoms with Gasteiger partial charge < -0.3 is 10.0 Å². The van der Waals surface area contributed by atoms with Crippen LogP contribution in [0.15, 0.2) is 116 Å². The van der Waals surface area contributed by atoms with Crippen molar-refractivity contribution in [2.75, 3.05) is 18.0 Å². The van der Waals surface area contributed by atoms with Gasteiger partial charge in [0, 0.05) is 57.4 Å². The van der Waals surface area contributed by atoms with E-state index < -0.39 is 76.9 Å². The van der Waals surface area contributed by atoms with E-state index in [4.69, 9.17) is 0 Å². The van der Waals surface area contributed by atoms with Gasteiger partial charge in [0.15, 0.2) is 5.71 Å². The maximum atomic E-state index is 12.5. The predicted octanol–water partition coefficient (Wildman–Crippen LogP) is 6.81. The second kappa shape index (κ2) is 15.5. The Bertz CT molecular complexity index is 3500. The summed E-state index contributed by atoms with van der Waals surface area (Å²) in [6, 6.07) is 14.3. The summed E-state index contributed by atoms with van der Waals surface area (Å²) in [6.07, 6.45) is 6.92. The van der Waals surface area contributed by atoms with E-state index in [1.165, 1.54) is 24.3 Å². The van der Waals surface area contributed by atoms with Crippen molar-refractivity contribution in [1.29, 1.82) is 0 Å². The molecule has 0 bridgehead atoms. The minimum Gasteiger partial charge on any atom is -0.477 e. The van der Waals surface area contributed by atoms with Crippen molar-refractivity contribution in [2.45, 2.75) is 72.0 Å². The van der Waals surface area contributed by atoms with Gasteiger partial charge in [-0.1, -0.05) is 32.1 Å². The highest BCUT2D eigenvalue weighted by atomic mass is 32.2. The molecular formula is C43H42N3O14S4+. The Balaban J connectivity index is 1.44. The van der Waals surface area contributed by atoms with E-state index in [-0.39, 0.29) is 32.9 Å². The largest absolute Gasteiger partial charge is 0.477 e. The highest BCUT2D eigenvalue weighted by molar-refractivity contribution is 7.87. The zero-order valence-corrected chi connectivity index (χ0v) is 38.2. The summed E-state index contributed by atoms with van der Waals surface area (Å²) in [6.45, 7) is 11.8. The van der Waals surface area contributed by atoms with Gasteiger partial charge >= 0.3 is 5.97 Å². The number of carboxylic acid groups (broad SMARTS) is 1. The molecule has 0 fully saturated rings. The van der Waals surface area contributed by atoms with Crippen LogP contribution in [0, 0.1) is 0 Å². The van der Waals surface area contributed by atoms with Crippen molar-refractivity contribution >= 4 is 90.6 Å². The molecule has 1 aromatic heterocycles. The average Bonchev–Trinajstić information content (AvgIpc) is 3.56. The number of hydrogen-bond donors (Lipinski definition) is 5. The third-order valence-corrected chi connectivity index (χ3v) is 15.1. The summed E-state index contributed by atoms with van der Waals surface area (Å²) in [5, 5.41) is 10.2. The molecule has 0 spiro atoms. The Morgan fingerprint density at radius 1 is 0.688 bits per heavy atom. The first-order chi connectivity index (χ1) is 29.5. The molecule has 4 aromatic carbocycles. The van der Waals surface area contributed by atoms with E-state index in [0.717, 1.165) is 12.1 Å². The molecule has 0 atom stereocenters. The number of aromatic carboxylic acids is 1. The van der Waals surface area contributed by atoms with Gasteiger partial charge in [0.25, 0.3) is 40.5 Å². The fourth-order valence-corrected chi connectivity index (χ4v) is 11.6. The van der Waals surface area contributed by atoms with Crippen LogP contribution in [0.2, 0.25) is 0 Å². The minimum absolute atomic E-state index is 0.0155. The van der Waals surface area contributed by atoms with Crippen LogP contribution in [0.5, 0.6) is 0 Å². The lowest BCUT2D eigenvalue weighted by Gasteiger charge is -2.26. The number of nitrogens with zero attached hydrogens (tertiary/aromatic N) is 3. The third-order valence-electron chi connectivity index (χ3n) is 11.7. The first-order valence-corrected chi connectivity index (χ1v) is 25.2. The highest BCUT2D eigenvalue weighted by Crippen LogP contribution is 2.52. The highest BCUT2D eigenvalue weighted by Gasteiger charge is 2.46. The molecule has 0 saturated heterocycles. The van der Waals surface area contributed by atoms with Crippen LogP contribution >= 0.6 is 0 Å². The van der Waals surface area contributed by atoms with Crippen molar-refractivity contribution in [2.24, 2.45) is 0 Å². The molecule has 64 heavy (non-hydrogen) atoms. The molecule has 3 heterocycles. The summed E-state index contributed by atoms with van der Waals surface area (Å²) in [4.78, 5) is 15.5. The fraction of sp³-hybridized carbons (Fsp3) is 0.233. The van der Waals surface area contributed by atoms with Gasteiger partial charge in [-0.25, -0.2) is 9.78 Å². The van der Waals surface area contributed by atoms with Crippen LogP contribution in [0.4, 0.5) is 11.4 Å². The zero-order valence-electron chi connectivity index (χ0n) is 35.0. The third kappa shape index (κ3) is 7.84. The van der Waals surface area contributed by atoms with Crippen molar-refractivity contribution < 1.29 is 66.4 Å². The van der Waals surface area contributed by atoms with Crippen LogP contribution in [-0.4, -0.2) is 91.3 Å². The first-order valence-electron chi connectivity index (χ1n) is 19.4. The minimum atomic E-state index is -4.98. The molecule has 5 aromatic rings. The Kier molecular flexibility index (Phi) is 11.2. The molecule has 0 saturated carbocycles. The van der Waals surface area contributed by atoms with Gasteiger partial charge in [-0.15, -0.1) is 0 Å². The maximum Gasteiger partial charge on any atom is 0.354 e. The topological polar surface area (TPSA) is 274 Å². The van der Waals surface area contributed by atoms with E-state index in [1.54, 1.807) is 42.5 Å². The van der Waals surface area contributed by atoms with E-state index in [0.29, 0.717) is 64.7 Å². The molecule has 21 heteroatoms. The summed E-state index contributed by atoms with van der Waals surface area (Å²) in [7, 11) is -19.8. The number of rotatable bonds is 11. The summed E-state index contributed by atoms with van der Waals surface area (Å²) in [5.74, 6) is -1.28. The molecule has 0 aliphatic carbocycles. The number of likely N-dealkylation sites (N-methyl/N-ethyl adjacent to an activating group) is 1. The number of benzene rings is 4. The standard InChI is InChI=1S/C43H41N3O14S4/c1-7-45-33-16-14-27-29(20-25(61(49,50)51)22-35(27)63(55,56)57)39(33)42(3,4)37(45)18-12-24(31-10-9-11-32(44-31)41(47)48)13-19-38-43(5,6)40-30-21-26(62(52,53)54)23-36(64(58,59)60)28(30)15-17-34(40)46(38)8-2/h9-23H,7-8H2,1-6H3,(H4-,47,48,49,50,51,52,53,54,55,56,57,58,59,60)/p+1. The van der Waals surface area contributed by atoms with E-state index >= 15 is 0 Å². The molecule has 5 N–H and O–H groups in total. The lowest BCUT2D eigenvalue weighted by Crippen LogP contribution is -2.28. The Hall–Kier alpha value is -5.65. The molecular weight excluding hydrogens is 911 g/mol. The fourth-order valence-electron chi connectivity index (χ4n) is 8.96. The number of anilines is 1. The number of hydrogen-bond acceptors (Lipinski definition) is 11. The number of pyridine rings is 1. The maximum absolute atomic E-state index is 12.5. The number of aromatic nitrogens is 1. The Labute approximate surface area is 369 Å². The normalized spacial score (nSPS) is 17.2. The number of fused-ring (bicyclic) bond motifs is 6. The molecule has 0 unspecified atom stereocenters. The molecule has 0 radical (unpaired) electrons. The molecule has 17 nitrogen and oxygen atoms in total. The second-order valence-electron chi connectivity index (χ2n) is 16.2. The Morgan fingerprint density at radius 3 is 1.72 bits per heavy atom. The van der Waals surface area contributed by atoms with E-state index in [2.05, 4.69) is 4.98 Å². The van der Waals surface area contributed by atoms with Crippen LogP contribution in [0.1, 0.15) is 68.9 Å². The summed E-state index contributed by atoms with van der Waals surface area (Å²) < 4.78 is 142. The van der Waals surface area contributed by atoms with E-state index in [1.807, 2.05) is 51.0 Å². The van der Waals surface area contributed by atoms with Gasteiger partial charge in [0.1, 0.15) is 22.0 Å². The van der Waals surface area contributed by atoms with Crippen LogP contribution in [-0.2, 0) is 51.3 Å². The molecule has 336 valence electrons. The first kappa shape index (κ1) is 46.3. The monoisotopic (exact) mass is 952 g/mol. The number of allylic oxidation sites excluding steroid dienone is 6. The molecule has 2 aliphatic heterocycles. The number of carboxylic acids is 1. The second-order valence-corrected chi connectivity index (χ2v) is 21.8. The number of carbonyl (C=O) groups is 1. The van der Waals surface area contributed by atoms with Gasteiger partial charge in [0.2, 0.25) is 5.69 Å². The van der Waals surface area contributed by atoms with Crippen LogP contribution in [0.25, 0.3) is 27.1 Å².